The largest absolute Gasteiger partial charge is 0.478 e. The van der Waals surface area contributed by atoms with E-state index in [0.717, 1.165) is 11.1 Å². The molecule has 148 valence electrons. The first kappa shape index (κ1) is 20.8. The lowest BCUT2D eigenvalue weighted by Crippen LogP contribution is -2.31. The van der Waals surface area contributed by atoms with Gasteiger partial charge >= 0.3 is 5.97 Å². The smallest absolute Gasteiger partial charge is 0.335 e. The Morgan fingerprint density at radius 3 is 2.52 bits per heavy atom. The SMILES string of the molecule is Cc1ccccc1/C=C1\SC(=S)N(CCC(=O)Nc2ccc(C(=O)O)cc2)C1=O. The number of carbonyl (C=O) groups excluding carboxylic acids is 2. The Labute approximate surface area is 177 Å². The second-order valence-corrected chi connectivity index (χ2v) is 8.05. The Bertz CT molecular complexity index is 1020. The van der Waals surface area contributed by atoms with Gasteiger partial charge < -0.3 is 10.4 Å². The van der Waals surface area contributed by atoms with Crippen molar-refractivity contribution >= 4 is 57.8 Å². The third-order valence-electron chi connectivity index (χ3n) is 4.33. The number of anilines is 1. The van der Waals surface area contributed by atoms with Crippen LogP contribution in [0.15, 0.2) is 53.4 Å². The Kier molecular flexibility index (Phi) is 6.46. The third-order valence-corrected chi connectivity index (χ3v) is 5.70. The summed E-state index contributed by atoms with van der Waals surface area (Å²) in [5.41, 5.74) is 2.65. The summed E-state index contributed by atoms with van der Waals surface area (Å²) in [6.45, 7) is 2.15. The number of nitrogens with zero attached hydrogens (tertiary/aromatic N) is 1. The number of nitrogens with one attached hydrogen (secondary N) is 1. The number of rotatable bonds is 6. The maximum atomic E-state index is 12.7. The van der Waals surface area contributed by atoms with Gasteiger partial charge in [-0.2, -0.15) is 0 Å². The van der Waals surface area contributed by atoms with Crippen molar-refractivity contribution in [3.05, 3.63) is 70.1 Å². The van der Waals surface area contributed by atoms with Gasteiger partial charge in [-0.05, 0) is 48.4 Å². The Hall–Kier alpha value is -2.97. The minimum atomic E-state index is -1.03. The highest BCUT2D eigenvalue weighted by molar-refractivity contribution is 8.26. The zero-order valence-electron chi connectivity index (χ0n) is 15.5. The number of thioether (sulfide) groups is 1. The molecule has 0 saturated carbocycles. The fourth-order valence-electron chi connectivity index (χ4n) is 2.72. The van der Waals surface area contributed by atoms with E-state index in [4.69, 9.17) is 17.3 Å². The van der Waals surface area contributed by atoms with Crippen LogP contribution < -0.4 is 5.32 Å². The van der Waals surface area contributed by atoms with Crippen molar-refractivity contribution in [3.63, 3.8) is 0 Å². The quantitative estimate of drug-likeness (QED) is 0.538. The van der Waals surface area contributed by atoms with Crippen LogP contribution in [-0.4, -0.2) is 38.7 Å². The summed E-state index contributed by atoms with van der Waals surface area (Å²) in [5.74, 6) is -1.53. The predicted molar refractivity (Wildman–Crippen MR) is 118 cm³/mol. The summed E-state index contributed by atoms with van der Waals surface area (Å²) < 4.78 is 0.424. The molecule has 0 aromatic heterocycles. The molecule has 6 nitrogen and oxygen atoms in total. The molecule has 3 rings (SSSR count). The number of aryl methyl sites for hydroxylation is 1. The van der Waals surface area contributed by atoms with Crippen LogP contribution in [-0.2, 0) is 9.59 Å². The van der Waals surface area contributed by atoms with E-state index in [1.165, 1.54) is 40.9 Å². The fraction of sp³-hybridized carbons (Fsp3) is 0.143. The topological polar surface area (TPSA) is 86.7 Å². The van der Waals surface area contributed by atoms with Crippen molar-refractivity contribution in [1.29, 1.82) is 0 Å². The molecular formula is C21H18N2O4S2. The van der Waals surface area contributed by atoms with Gasteiger partial charge in [-0.1, -0.05) is 48.2 Å². The summed E-state index contributed by atoms with van der Waals surface area (Å²) in [6, 6.07) is 13.6. The highest BCUT2D eigenvalue weighted by atomic mass is 32.2. The van der Waals surface area contributed by atoms with Crippen LogP contribution in [0.25, 0.3) is 6.08 Å². The van der Waals surface area contributed by atoms with E-state index < -0.39 is 5.97 Å². The van der Waals surface area contributed by atoms with Crippen molar-refractivity contribution in [2.24, 2.45) is 0 Å². The molecule has 0 aliphatic carbocycles. The number of benzene rings is 2. The predicted octanol–water partition coefficient (Wildman–Crippen LogP) is 3.92. The van der Waals surface area contributed by atoms with Gasteiger partial charge in [-0.3, -0.25) is 14.5 Å². The molecule has 1 aliphatic heterocycles. The molecule has 2 N–H and O–H groups in total. The number of carboxylic acids is 1. The van der Waals surface area contributed by atoms with Gasteiger partial charge in [0.15, 0.2) is 0 Å². The zero-order chi connectivity index (χ0) is 21.0. The molecule has 1 heterocycles. The molecule has 1 fully saturated rings. The van der Waals surface area contributed by atoms with E-state index in [-0.39, 0.29) is 30.3 Å². The Balaban J connectivity index is 1.59. The van der Waals surface area contributed by atoms with Crippen LogP contribution in [0.2, 0.25) is 0 Å². The first-order valence-electron chi connectivity index (χ1n) is 8.79. The van der Waals surface area contributed by atoms with Crippen molar-refractivity contribution in [1.82, 2.24) is 4.90 Å². The van der Waals surface area contributed by atoms with Crippen molar-refractivity contribution in [3.8, 4) is 0 Å². The van der Waals surface area contributed by atoms with Gasteiger partial charge in [-0.25, -0.2) is 4.79 Å². The molecule has 0 bridgehead atoms. The summed E-state index contributed by atoms with van der Waals surface area (Å²) in [7, 11) is 0. The second kappa shape index (κ2) is 9.02. The zero-order valence-corrected chi connectivity index (χ0v) is 17.2. The lowest BCUT2D eigenvalue weighted by Gasteiger charge is -2.14. The highest BCUT2D eigenvalue weighted by Crippen LogP contribution is 2.33. The lowest BCUT2D eigenvalue weighted by atomic mass is 10.1. The number of hydrogen-bond acceptors (Lipinski definition) is 5. The van der Waals surface area contributed by atoms with E-state index >= 15 is 0 Å². The Morgan fingerprint density at radius 1 is 1.17 bits per heavy atom. The molecule has 2 amide bonds. The molecule has 8 heteroatoms. The molecule has 0 unspecified atom stereocenters. The maximum absolute atomic E-state index is 12.7. The van der Waals surface area contributed by atoms with E-state index in [0.29, 0.717) is 14.9 Å². The summed E-state index contributed by atoms with van der Waals surface area (Å²) in [6.07, 6.45) is 1.89. The average molecular weight is 427 g/mol. The number of aromatic carboxylic acids is 1. The van der Waals surface area contributed by atoms with Gasteiger partial charge in [0, 0.05) is 18.7 Å². The number of amides is 2. The summed E-state index contributed by atoms with van der Waals surface area (Å²) in [5, 5.41) is 11.6. The second-order valence-electron chi connectivity index (χ2n) is 6.37. The summed E-state index contributed by atoms with van der Waals surface area (Å²) >= 11 is 6.53. The van der Waals surface area contributed by atoms with E-state index in [1.54, 1.807) is 0 Å². The number of thiocarbonyl (C=S) groups is 1. The molecule has 1 saturated heterocycles. The minimum absolute atomic E-state index is 0.0742. The van der Waals surface area contributed by atoms with E-state index in [9.17, 15) is 14.4 Å². The van der Waals surface area contributed by atoms with Gasteiger partial charge in [0.05, 0.1) is 10.5 Å². The molecule has 1 aliphatic rings. The van der Waals surface area contributed by atoms with Crippen molar-refractivity contribution < 1.29 is 19.5 Å². The molecule has 2 aromatic rings. The third kappa shape index (κ3) is 5.10. The van der Waals surface area contributed by atoms with Crippen LogP contribution in [0.1, 0.15) is 27.9 Å². The minimum Gasteiger partial charge on any atom is -0.478 e. The molecule has 0 radical (unpaired) electrons. The van der Waals surface area contributed by atoms with Gasteiger partial charge in [0.1, 0.15) is 4.32 Å². The average Bonchev–Trinajstić information content (AvgIpc) is 2.95. The Morgan fingerprint density at radius 2 is 1.86 bits per heavy atom. The lowest BCUT2D eigenvalue weighted by molar-refractivity contribution is -0.122. The number of carboxylic acid groups (broad SMARTS) is 1. The molecule has 2 aromatic carbocycles. The molecular weight excluding hydrogens is 408 g/mol. The van der Waals surface area contributed by atoms with Crippen LogP contribution in [0.4, 0.5) is 5.69 Å². The molecule has 0 atom stereocenters. The van der Waals surface area contributed by atoms with Crippen LogP contribution in [0.3, 0.4) is 0 Å². The fourth-order valence-corrected chi connectivity index (χ4v) is 4.02. The van der Waals surface area contributed by atoms with Crippen molar-refractivity contribution in [2.45, 2.75) is 13.3 Å². The van der Waals surface area contributed by atoms with Crippen LogP contribution >= 0.6 is 24.0 Å². The standard InChI is InChI=1S/C21H18N2O4S2/c1-13-4-2-3-5-15(13)12-17-19(25)23(21(28)29-17)11-10-18(24)22-16-8-6-14(7-9-16)20(26)27/h2-9,12H,10-11H2,1H3,(H,22,24)(H,26,27)/b17-12-. The van der Waals surface area contributed by atoms with Crippen LogP contribution in [0.5, 0.6) is 0 Å². The maximum Gasteiger partial charge on any atom is 0.335 e. The van der Waals surface area contributed by atoms with Gasteiger partial charge in [-0.15, -0.1) is 0 Å². The number of hydrogen-bond donors (Lipinski definition) is 2. The van der Waals surface area contributed by atoms with E-state index in [2.05, 4.69) is 5.32 Å². The van der Waals surface area contributed by atoms with E-state index in [1.807, 2.05) is 37.3 Å². The molecule has 0 spiro atoms. The first-order chi connectivity index (χ1) is 13.8. The normalized spacial score (nSPS) is 15.1. The van der Waals surface area contributed by atoms with Gasteiger partial charge in [0.25, 0.3) is 5.91 Å². The van der Waals surface area contributed by atoms with Gasteiger partial charge in [0.2, 0.25) is 5.91 Å². The number of carbonyl (C=O) groups is 3. The highest BCUT2D eigenvalue weighted by Gasteiger charge is 2.32. The van der Waals surface area contributed by atoms with Crippen molar-refractivity contribution in [2.75, 3.05) is 11.9 Å². The first-order valence-corrected chi connectivity index (χ1v) is 10.0. The summed E-state index contributed by atoms with van der Waals surface area (Å²) in [4.78, 5) is 37.7. The monoisotopic (exact) mass is 426 g/mol. The molecule has 29 heavy (non-hydrogen) atoms. The van der Waals surface area contributed by atoms with Crippen LogP contribution in [0, 0.1) is 6.92 Å².